The summed E-state index contributed by atoms with van der Waals surface area (Å²) in [6, 6.07) is 4.30. The number of benzene rings is 1. The van der Waals surface area contributed by atoms with E-state index in [-0.39, 0.29) is 17.0 Å². The van der Waals surface area contributed by atoms with Crippen LogP contribution in [-0.4, -0.2) is 32.8 Å². The molecule has 1 aliphatic rings. The van der Waals surface area contributed by atoms with E-state index >= 15 is 0 Å². The van der Waals surface area contributed by atoms with Crippen molar-refractivity contribution in [2.45, 2.75) is 19.8 Å². The van der Waals surface area contributed by atoms with Crippen LogP contribution in [0.5, 0.6) is 0 Å². The van der Waals surface area contributed by atoms with Crippen LogP contribution < -0.4 is 0 Å². The number of hydrogen-bond acceptors (Lipinski definition) is 6. The quantitative estimate of drug-likeness (QED) is 0.623. The molecule has 134 valence electrons. The maximum atomic E-state index is 11.9. The first-order valence-electron chi connectivity index (χ1n) is 7.60. The van der Waals surface area contributed by atoms with E-state index in [0.717, 1.165) is 4.70 Å². The summed E-state index contributed by atoms with van der Waals surface area (Å²) in [5.41, 5.74) is 0.751. The first kappa shape index (κ1) is 17.7. The summed E-state index contributed by atoms with van der Waals surface area (Å²) in [7, 11) is 0. The van der Waals surface area contributed by atoms with E-state index in [1.807, 2.05) is 0 Å². The highest BCUT2D eigenvalue weighted by Crippen LogP contribution is 2.44. The zero-order valence-electron chi connectivity index (χ0n) is 13.8. The SMILES string of the molecule is CC1=NC(C)=C(C(=O)O)C(c2csc3ccc([N+](=O)[O-])cc23)C1C(=O)O. The van der Waals surface area contributed by atoms with E-state index < -0.39 is 28.7 Å². The third-order valence-corrected chi connectivity index (χ3v) is 5.44. The van der Waals surface area contributed by atoms with Gasteiger partial charge in [-0.3, -0.25) is 19.9 Å². The van der Waals surface area contributed by atoms with Crippen molar-refractivity contribution in [2.24, 2.45) is 10.9 Å². The Bertz CT molecular complexity index is 1020. The fraction of sp³-hybridized carbons (Fsp3) is 0.235. The number of non-ortho nitro benzene ring substituents is 1. The number of thiophene rings is 1. The van der Waals surface area contributed by atoms with E-state index in [9.17, 15) is 29.9 Å². The topological polar surface area (TPSA) is 130 Å². The van der Waals surface area contributed by atoms with Gasteiger partial charge in [-0.05, 0) is 30.9 Å². The Hall–Kier alpha value is -3.07. The Kier molecular flexibility index (Phi) is 4.33. The molecule has 1 aromatic carbocycles. The van der Waals surface area contributed by atoms with E-state index in [1.165, 1.54) is 30.4 Å². The molecule has 0 fully saturated rings. The molecule has 0 bridgehead atoms. The maximum absolute atomic E-state index is 11.9. The van der Waals surface area contributed by atoms with Crippen LogP contribution in [0.1, 0.15) is 25.3 Å². The van der Waals surface area contributed by atoms with Gasteiger partial charge in [0.25, 0.3) is 5.69 Å². The molecule has 26 heavy (non-hydrogen) atoms. The van der Waals surface area contributed by atoms with E-state index in [0.29, 0.717) is 16.7 Å². The second-order valence-corrected chi connectivity index (χ2v) is 6.89. The highest BCUT2D eigenvalue weighted by atomic mass is 32.1. The zero-order valence-corrected chi connectivity index (χ0v) is 14.6. The molecule has 0 radical (unpaired) electrons. The van der Waals surface area contributed by atoms with Crippen molar-refractivity contribution in [2.75, 3.05) is 0 Å². The van der Waals surface area contributed by atoms with Crippen LogP contribution in [-0.2, 0) is 9.59 Å². The lowest BCUT2D eigenvalue weighted by Gasteiger charge is -2.29. The monoisotopic (exact) mass is 374 g/mol. The second-order valence-electron chi connectivity index (χ2n) is 5.98. The normalized spacial score (nSPS) is 20.2. The van der Waals surface area contributed by atoms with Gasteiger partial charge in [0, 0.05) is 39.5 Å². The lowest BCUT2D eigenvalue weighted by molar-refractivity contribution is -0.384. The molecule has 2 aromatic rings. The number of hydrogen-bond donors (Lipinski definition) is 2. The Labute approximate surface area is 151 Å². The number of aliphatic carboxylic acids is 2. The molecule has 2 unspecified atom stereocenters. The van der Waals surface area contributed by atoms with E-state index in [2.05, 4.69) is 4.99 Å². The molecule has 2 atom stereocenters. The number of carboxylic acid groups (broad SMARTS) is 2. The minimum Gasteiger partial charge on any atom is -0.481 e. The van der Waals surface area contributed by atoms with Gasteiger partial charge in [0.05, 0.1) is 10.5 Å². The molecular formula is C17H14N2O6S. The van der Waals surface area contributed by atoms with Gasteiger partial charge in [0.2, 0.25) is 0 Å². The molecule has 0 amide bonds. The predicted octanol–water partition coefficient (Wildman–Crippen LogP) is 3.43. The summed E-state index contributed by atoms with van der Waals surface area (Å²) in [5.74, 6) is -4.56. The minimum atomic E-state index is -1.25. The van der Waals surface area contributed by atoms with Gasteiger partial charge >= 0.3 is 11.9 Å². The Morgan fingerprint density at radius 2 is 1.96 bits per heavy atom. The smallest absolute Gasteiger partial charge is 0.334 e. The Morgan fingerprint density at radius 3 is 2.54 bits per heavy atom. The summed E-state index contributed by atoms with van der Waals surface area (Å²) < 4.78 is 0.720. The lowest BCUT2D eigenvalue weighted by atomic mass is 9.75. The van der Waals surface area contributed by atoms with Crippen LogP contribution in [0.25, 0.3) is 10.1 Å². The number of fused-ring (bicyclic) bond motifs is 1. The van der Waals surface area contributed by atoms with Gasteiger partial charge < -0.3 is 10.2 Å². The van der Waals surface area contributed by atoms with Crippen molar-refractivity contribution >= 4 is 44.8 Å². The molecule has 2 heterocycles. The van der Waals surface area contributed by atoms with Crippen molar-refractivity contribution in [3.63, 3.8) is 0 Å². The standard InChI is InChI=1S/C17H14N2O6S/c1-7-13(16(20)21)15(14(17(22)23)8(2)18-7)11-6-26-12-4-3-9(19(24)25)5-10(11)12/h3-6,13,15H,1-2H3,(H,20,21)(H,22,23). The minimum absolute atomic E-state index is 0.103. The summed E-state index contributed by atoms with van der Waals surface area (Å²) in [6.07, 6.45) is 0. The van der Waals surface area contributed by atoms with Gasteiger partial charge in [-0.25, -0.2) is 4.79 Å². The average Bonchev–Trinajstić information content (AvgIpc) is 2.95. The third-order valence-electron chi connectivity index (χ3n) is 4.46. The molecule has 0 saturated carbocycles. The average molecular weight is 374 g/mol. The number of carbonyl (C=O) groups is 2. The number of nitro benzene ring substituents is 1. The molecule has 2 N–H and O–H groups in total. The third kappa shape index (κ3) is 2.76. The summed E-state index contributed by atoms with van der Waals surface area (Å²) >= 11 is 1.29. The van der Waals surface area contributed by atoms with Crippen molar-refractivity contribution in [3.8, 4) is 0 Å². The van der Waals surface area contributed by atoms with Crippen LogP contribution >= 0.6 is 11.3 Å². The fourth-order valence-electron chi connectivity index (χ4n) is 3.36. The van der Waals surface area contributed by atoms with Crippen molar-refractivity contribution in [1.29, 1.82) is 0 Å². The number of rotatable bonds is 4. The van der Waals surface area contributed by atoms with E-state index in [1.54, 1.807) is 18.4 Å². The molecule has 0 spiro atoms. The second kappa shape index (κ2) is 6.34. The van der Waals surface area contributed by atoms with Gasteiger partial charge in [-0.2, -0.15) is 0 Å². The number of aliphatic imine (C=N–C) groups is 1. The Morgan fingerprint density at radius 1 is 1.27 bits per heavy atom. The van der Waals surface area contributed by atoms with Gasteiger partial charge in [0.1, 0.15) is 5.92 Å². The molecule has 0 aliphatic carbocycles. The van der Waals surface area contributed by atoms with Crippen LogP contribution in [0.2, 0.25) is 0 Å². The lowest BCUT2D eigenvalue weighted by Crippen LogP contribution is -2.34. The van der Waals surface area contributed by atoms with Gasteiger partial charge in [-0.15, -0.1) is 11.3 Å². The van der Waals surface area contributed by atoms with Crippen molar-refractivity contribution < 1.29 is 24.7 Å². The molecule has 1 aromatic heterocycles. The summed E-state index contributed by atoms with van der Waals surface area (Å²) in [6.45, 7) is 3.07. The van der Waals surface area contributed by atoms with Gasteiger partial charge in [-0.1, -0.05) is 0 Å². The van der Waals surface area contributed by atoms with E-state index in [4.69, 9.17) is 0 Å². The largest absolute Gasteiger partial charge is 0.481 e. The summed E-state index contributed by atoms with van der Waals surface area (Å²) in [4.78, 5) is 38.3. The van der Waals surface area contributed by atoms with Gasteiger partial charge in [0.15, 0.2) is 0 Å². The fourth-order valence-corrected chi connectivity index (χ4v) is 4.34. The molecule has 9 heteroatoms. The van der Waals surface area contributed by atoms with Crippen LogP contribution in [0.15, 0.2) is 39.8 Å². The molecule has 1 aliphatic heterocycles. The number of carboxylic acids is 2. The number of nitrogens with zero attached hydrogens (tertiary/aromatic N) is 2. The molecule has 8 nitrogen and oxygen atoms in total. The molecule has 3 rings (SSSR count). The van der Waals surface area contributed by atoms with Crippen molar-refractivity contribution in [1.82, 2.24) is 0 Å². The highest BCUT2D eigenvalue weighted by molar-refractivity contribution is 7.17. The van der Waals surface area contributed by atoms with Crippen LogP contribution in [0.3, 0.4) is 0 Å². The van der Waals surface area contributed by atoms with Crippen molar-refractivity contribution in [3.05, 3.63) is 50.5 Å². The number of allylic oxidation sites excluding steroid dienone is 1. The highest BCUT2D eigenvalue weighted by Gasteiger charge is 2.42. The maximum Gasteiger partial charge on any atom is 0.334 e. The van der Waals surface area contributed by atoms with Crippen LogP contribution in [0, 0.1) is 16.0 Å². The zero-order chi connectivity index (χ0) is 19.2. The first-order chi connectivity index (χ1) is 12.2. The first-order valence-corrected chi connectivity index (χ1v) is 8.48. The number of nitro groups is 1. The molecule has 0 saturated heterocycles. The Balaban J connectivity index is 2.30. The van der Waals surface area contributed by atoms with Crippen LogP contribution in [0.4, 0.5) is 5.69 Å². The predicted molar refractivity (Wildman–Crippen MR) is 95.8 cm³/mol. The molecular weight excluding hydrogens is 360 g/mol. The summed E-state index contributed by atoms with van der Waals surface area (Å²) in [5, 5.41) is 32.6.